The van der Waals surface area contributed by atoms with Gasteiger partial charge in [-0.1, -0.05) is 23.7 Å². The maximum absolute atomic E-state index is 12.7. The van der Waals surface area contributed by atoms with E-state index in [0.29, 0.717) is 34.4 Å². The molecule has 1 amide bonds. The molecule has 0 aliphatic carbocycles. The molecular weight excluding hydrogens is 464 g/mol. The van der Waals surface area contributed by atoms with Gasteiger partial charge in [0.25, 0.3) is 11.5 Å². The first-order chi connectivity index (χ1) is 16.0. The van der Waals surface area contributed by atoms with Gasteiger partial charge in [0.05, 0.1) is 18.6 Å². The number of aromatic nitrogens is 2. The number of nitrogens with zero attached hydrogens (tertiary/aromatic N) is 2. The van der Waals surface area contributed by atoms with Crippen LogP contribution in [0.5, 0.6) is 0 Å². The fourth-order valence-electron chi connectivity index (χ4n) is 3.99. The second kappa shape index (κ2) is 11.2. The number of aliphatic hydroxyl groups excluding tert-OH is 1. The molecule has 1 aromatic carbocycles. The number of hydrogen-bond donors (Lipinski definition) is 3. The molecule has 3 aromatic rings. The van der Waals surface area contributed by atoms with Crippen LogP contribution in [-0.4, -0.2) is 58.7 Å². The molecule has 176 valence electrons. The van der Waals surface area contributed by atoms with Crippen molar-refractivity contribution >= 4 is 39.1 Å². The summed E-state index contributed by atoms with van der Waals surface area (Å²) in [6.45, 7) is 4.12. The summed E-state index contributed by atoms with van der Waals surface area (Å²) in [5.74, 6) is 0.0160. The Labute approximate surface area is 200 Å². The van der Waals surface area contributed by atoms with Crippen molar-refractivity contribution in [3.05, 3.63) is 62.0 Å². The van der Waals surface area contributed by atoms with E-state index >= 15 is 0 Å². The van der Waals surface area contributed by atoms with Gasteiger partial charge in [-0.3, -0.25) is 9.59 Å². The zero-order chi connectivity index (χ0) is 23.2. The molecule has 1 aliphatic rings. The van der Waals surface area contributed by atoms with Gasteiger partial charge in [0, 0.05) is 30.3 Å². The van der Waals surface area contributed by atoms with Gasteiger partial charge >= 0.3 is 0 Å². The number of thiophene rings is 1. The van der Waals surface area contributed by atoms with Crippen LogP contribution in [0, 0.1) is 5.92 Å². The van der Waals surface area contributed by atoms with E-state index < -0.39 is 5.91 Å². The number of fused-ring (bicyclic) bond motifs is 1. The molecular formula is C23H27ClN4O4S. The highest BCUT2D eigenvalue weighted by Gasteiger charge is 2.20. The normalized spacial score (nSPS) is 15.2. The highest BCUT2D eigenvalue weighted by molar-refractivity contribution is 7.16. The van der Waals surface area contributed by atoms with E-state index in [1.165, 1.54) is 11.3 Å². The maximum atomic E-state index is 12.7. The largest absolute Gasteiger partial charge is 0.395 e. The minimum Gasteiger partial charge on any atom is -0.395 e. The molecule has 0 unspecified atom stereocenters. The number of piperidine rings is 1. The molecule has 33 heavy (non-hydrogen) atoms. The molecule has 10 heteroatoms. The Balaban J connectivity index is 1.34. The van der Waals surface area contributed by atoms with Gasteiger partial charge in [0.1, 0.15) is 4.83 Å². The van der Waals surface area contributed by atoms with Crippen molar-refractivity contribution in [3.63, 3.8) is 0 Å². The van der Waals surface area contributed by atoms with Crippen molar-refractivity contribution in [1.82, 2.24) is 20.2 Å². The van der Waals surface area contributed by atoms with Gasteiger partial charge < -0.3 is 25.0 Å². The number of β-amino-alcohol motifs (C(OH)–C–C–N with tert-alkyl or cyclic N) is 1. The van der Waals surface area contributed by atoms with Crippen LogP contribution in [0.3, 0.4) is 0 Å². The number of carbonyl (C=O) groups is 1. The first kappa shape index (κ1) is 23.8. The Morgan fingerprint density at radius 3 is 2.94 bits per heavy atom. The summed E-state index contributed by atoms with van der Waals surface area (Å²) in [5.41, 5.74) is 1.30. The molecule has 2 aromatic heterocycles. The van der Waals surface area contributed by atoms with E-state index in [9.17, 15) is 9.59 Å². The number of likely N-dealkylation sites (tertiary alicyclic amines) is 1. The van der Waals surface area contributed by atoms with Crippen LogP contribution in [-0.2, 0) is 17.9 Å². The second-order valence-electron chi connectivity index (χ2n) is 8.19. The number of aliphatic hydroxyl groups is 1. The number of rotatable bonds is 9. The lowest BCUT2D eigenvalue weighted by molar-refractivity contribution is 0.0547. The molecule has 8 nitrogen and oxygen atoms in total. The summed E-state index contributed by atoms with van der Waals surface area (Å²) in [4.78, 5) is 34.9. The fourth-order valence-corrected chi connectivity index (χ4v) is 5.13. The van der Waals surface area contributed by atoms with E-state index in [0.717, 1.165) is 43.6 Å². The van der Waals surface area contributed by atoms with Crippen LogP contribution in [0.4, 0.5) is 0 Å². The van der Waals surface area contributed by atoms with Crippen LogP contribution in [0.25, 0.3) is 10.2 Å². The van der Waals surface area contributed by atoms with Crippen molar-refractivity contribution in [2.75, 3.05) is 32.8 Å². The number of H-pyrrole nitrogens is 1. The Morgan fingerprint density at radius 2 is 2.18 bits per heavy atom. The van der Waals surface area contributed by atoms with E-state index in [1.807, 2.05) is 17.5 Å². The fraction of sp³-hybridized carbons (Fsp3) is 0.435. The Kier molecular flexibility index (Phi) is 8.11. The molecule has 3 heterocycles. The number of benzene rings is 1. The first-order valence-electron chi connectivity index (χ1n) is 11.0. The zero-order valence-corrected chi connectivity index (χ0v) is 19.8. The van der Waals surface area contributed by atoms with Crippen molar-refractivity contribution in [1.29, 1.82) is 0 Å². The standard InChI is InChI=1S/C23H27ClN4O4S/c24-18-3-1-2-16(10-18)11-25-22(31)20-26-21(30)19-17(14-33-23(19)27-20)13-32-12-15-4-6-28(7-5-15)8-9-29/h1-3,10,14-15,29H,4-9,11-13H2,(H,25,31)(H,26,27,30). The van der Waals surface area contributed by atoms with Gasteiger partial charge in [-0.15, -0.1) is 11.3 Å². The monoisotopic (exact) mass is 490 g/mol. The zero-order valence-electron chi connectivity index (χ0n) is 18.2. The average molecular weight is 491 g/mol. The van der Waals surface area contributed by atoms with E-state index in [4.69, 9.17) is 21.4 Å². The van der Waals surface area contributed by atoms with Crippen LogP contribution >= 0.6 is 22.9 Å². The Hall–Kier alpha value is -2.30. The van der Waals surface area contributed by atoms with Crippen molar-refractivity contribution in [3.8, 4) is 0 Å². The quantitative estimate of drug-likeness (QED) is 0.425. The summed E-state index contributed by atoms with van der Waals surface area (Å²) >= 11 is 7.30. The Morgan fingerprint density at radius 1 is 1.36 bits per heavy atom. The number of carbonyl (C=O) groups excluding carboxylic acids is 1. The van der Waals surface area contributed by atoms with Crippen LogP contribution in [0.1, 0.15) is 34.6 Å². The molecule has 1 aliphatic heterocycles. The number of amides is 1. The minimum absolute atomic E-state index is 0.0153. The maximum Gasteiger partial charge on any atom is 0.287 e. The van der Waals surface area contributed by atoms with E-state index in [-0.39, 0.29) is 24.5 Å². The SMILES string of the molecule is O=C(NCc1cccc(Cl)c1)c1nc2scc(COCC3CCN(CCO)CC3)c2c(=O)[nH]1. The number of ether oxygens (including phenoxy) is 1. The lowest BCUT2D eigenvalue weighted by Gasteiger charge is -2.31. The number of hydrogen-bond acceptors (Lipinski definition) is 7. The van der Waals surface area contributed by atoms with E-state index in [2.05, 4.69) is 20.2 Å². The second-order valence-corrected chi connectivity index (χ2v) is 9.49. The number of halogens is 1. The minimum atomic E-state index is -0.451. The van der Waals surface area contributed by atoms with Gasteiger partial charge in [-0.2, -0.15) is 0 Å². The first-order valence-corrected chi connectivity index (χ1v) is 12.2. The topological polar surface area (TPSA) is 108 Å². The lowest BCUT2D eigenvalue weighted by Crippen LogP contribution is -2.36. The summed E-state index contributed by atoms with van der Waals surface area (Å²) < 4.78 is 5.92. The number of nitrogens with one attached hydrogen (secondary N) is 2. The molecule has 0 spiro atoms. The van der Waals surface area contributed by atoms with Crippen molar-refractivity contribution in [2.45, 2.75) is 26.0 Å². The highest BCUT2D eigenvalue weighted by atomic mass is 35.5. The Bertz CT molecular complexity index is 1160. The smallest absolute Gasteiger partial charge is 0.287 e. The molecule has 0 atom stereocenters. The predicted molar refractivity (Wildman–Crippen MR) is 129 cm³/mol. The molecule has 3 N–H and O–H groups in total. The number of aromatic amines is 1. The average Bonchev–Trinajstić information content (AvgIpc) is 3.22. The molecule has 0 saturated carbocycles. The van der Waals surface area contributed by atoms with Gasteiger partial charge in [-0.25, -0.2) is 4.98 Å². The molecule has 0 bridgehead atoms. The molecule has 0 radical (unpaired) electrons. The van der Waals surface area contributed by atoms with E-state index in [1.54, 1.807) is 12.1 Å². The summed E-state index contributed by atoms with van der Waals surface area (Å²) in [6, 6.07) is 7.20. The van der Waals surface area contributed by atoms with Gasteiger partial charge in [-0.05, 0) is 54.9 Å². The van der Waals surface area contributed by atoms with Crippen LogP contribution < -0.4 is 10.9 Å². The lowest BCUT2D eigenvalue weighted by atomic mass is 9.98. The summed E-state index contributed by atoms with van der Waals surface area (Å²) in [7, 11) is 0. The third kappa shape index (κ3) is 6.18. The highest BCUT2D eigenvalue weighted by Crippen LogP contribution is 2.23. The predicted octanol–water partition coefficient (Wildman–Crippen LogP) is 2.79. The van der Waals surface area contributed by atoms with Gasteiger partial charge in [0.2, 0.25) is 5.82 Å². The molecule has 4 rings (SSSR count). The van der Waals surface area contributed by atoms with Crippen LogP contribution in [0.2, 0.25) is 5.02 Å². The summed E-state index contributed by atoms with van der Waals surface area (Å²) in [6.07, 6.45) is 2.08. The van der Waals surface area contributed by atoms with Crippen molar-refractivity contribution < 1.29 is 14.6 Å². The molecule has 1 saturated heterocycles. The third-order valence-corrected chi connectivity index (χ3v) is 6.97. The molecule has 1 fully saturated rings. The summed E-state index contributed by atoms with van der Waals surface area (Å²) in [5, 5.41) is 14.7. The van der Waals surface area contributed by atoms with Crippen molar-refractivity contribution in [2.24, 2.45) is 5.92 Å². The van der Waals surface area contributed by atoms with Crippen LogP contribution in [0.15, 0.2) is 34.4 Å². The third-order valence-electron chi connectivity index (χ3n) is 5.81. The van der Waals surface area contributed by atoms with Gasteiger partial charge in [0.15, 0.2) is 0 Å².